The van der Waals surface area contributed by atoms with Crippen LogP contribution in [0.1, 0.15) is 46.0 Å². The predicted octanol–water partition coefficient (Wildman–Crippen LogP) is 3.66. The number of anilines is 1. The maximum absolute atomic E-state index is 12.8. The van der Waals surface area contributed by atoms with Crippen molar-refractivity contribution >= 4 is 11.6 Å². The van der Waals surface area contributed by atoms with Crippen LogP contribution in [0.4, 0.5) is 5.69 Å². The van der Waals surface area contributed by atoms with E-state index in [1.54, 1.807) is 36.3 Å². The maximum Gasteiger partial charge on any atom is 0.245 e. The molecule has 1 aromatic rings. The molecule has 3 atom stereocenters. The van der Waals surface area contributed by atoms with Gasteiger partial charge in [-0.3, -0.25) is 14.9 Å². The monoisotopic (exact) mass is 334 g/mol. The fourth-order valence-corrected chi connectivity index (χ4v) is 3.58. The zero-order chi connectivity index (χ0) is 17.7. The molecule has 0 N–H and O–H groups in total. The van der Waals surface area contributed by atoms with Gasteiger partial charge in [-0.15, -0.1) is 0 Å². The summed E-state index contributed by atoms with van der Waals surface area (Å²) in [7, 11) is 1.58. The van der Waals surface area contributed by atoms with Crippen LogP contribution in [0.25, 0.3) is 0 Å². The van der Waals surface area contributed by atoms with Crippen LogP contribution in [0, 0.1) is 16.0 Å². The minimum Gasteiger partial charge on any atom is -0.497 e. The van der Waals surface area contributed by atoms with Gasteiger partial charge < -0.3 is 9.64 Å². The topological polar surface area (TPSA) is 72.7 Å². The number of methoxy groups -OCH3 is 1. The summed E-state index contributed by atoms with van der Waals surface area (Å²) in [6.07, 6.45) is 4.10. The summed E-state index contributed by atoms with van der Waals surface area (Å²) in [6.45, 7) is 3.95. The molecule has 1 saturated heterocycles. The molecule has 1 aliphatic rings. The van der Waals surface area contributed by atoms with Gasteiger partial charge in [0.1, 0.15) is 17.7 Å². The lowest BCUT2D eigenvalue weighted by Gasteiger charge is -2.25. The fourth-order valence-electron chi connectivity index (χ4n) is 3.58. The first-order valence-corrected chi connectivity index (χ1v) is 8.65. The predicted molar refractivity (Wildman–Crippen MR) is 93.0 cm³/mol. The number of hydrogen-bond acceptors (Lipinski definition) is 4. The second kappa shape index (κ2) is 8.13. The molecule has 2 rings (SSSR count). The molecule has 1 amide bonds. The molecule has 0 spiro atoms. The molecule has 6 heteroatoms. The normalized spacial score (nSPS) is 23.5. The SMILES string of the molecule is CCCCC[C@@H]1[C@@H]([N+](=O)[O-])[C@H](CC)C(=O)N1c1ccc(OC)cc1. The Kier molecular flexibility index (Phi) is 6.17. The standard InChI is InChI=1S/C18H26N2O4/c1-4-6-7-8-16-17(20(22)23)15(5-2)18(21)19(16)13-9-11-14(24-3)12-10-13/h9-12,15-17H,4-8H2,1-3H3/t15-,16+,17-/m0/s1. The quantitative estimate of drug-likeness (QED) is 0.413. The number of ether oxygens (including phenoxy) is 1. The summed E-state index contributed by atoms with van der Waals surface area (Å²) in [5.41, 5.74) is 0.713. The van der Waals surface area contributed by atoms with Gasteiger partial charge in [-0.25, -0.2) is 0 Å². The number of rotatable bonds is 8. The van der Waals surface area contributed by atoms with Crippen molar-refractivity contribution in [3.63, 3.8) is 0 Å². The van der Waals surface area contributed by atoms with Crippen LogP contribution in [0.5, 0.6) is 5.75 Å². The molecule has 132 valence electrons. The Balaban J connectivity index is 2.35. The highest BCUT2D eigenvalue weighted by Crippen LogP contribution is 2.36. The molecule has 0 radical (unpaired) electrons. The van der Waals surface area contributed by atoms with Crippen molar-refractivity contribution in [2.75, 3.05) is 12.0 Å². The second-order valence-corrected chi connectivity index (χ2v) is 6.26. The van der Waals surface area contributed by atoms with Gasteiger partial charge in [-0.1, -0.05) is 33.1 Å². The van der Waals surface area contributed by atoms with Crippen LogP contribution in [0.2, 0.25) is 0 Å². The van der Waals surface area contributed by atoms with E-state index in [1.807, 2.05) is 6.92 Å². The summed E-state index contributed by atoms with van der Waals surface area (Å²) < 4.78 is 5.15. The van der Waals surface area contributed by atoms with E-state index in [4.69, 9.17) is 4.74 Å². The Morgan fingerprint density at radius 2 is 1.88 bits per heavy atom. The third-order valence-corrected chi connectivity index (χ3v) is 4.83. The van der Waals surface area contributed by atoms with E-state index in [0.717, 1.165) is 19.3 Å². The maximum atomic E-state index is 12.8. The van der Waals surface area contributed by atoms with Crippen molar-refractivity contribution in [2.24, 2.45) is 5.92 Å². The van der Waals surface area contributed by atoms with E-state index in [2.05, 4.69) is 6.92 Å². The van der Waals surface area contributed by atoms with Gasteiger partial charge in [0.15, 0.2) is 0 Å². The summed E-state index contributed by atoms with van der Waals surface area (Å²) in [4.78, 5) is 25.9. The molecule has 24 heavy (non-hydrogen) atoms. The van der Waals surface area contributed by atoms with Crippen molar-refractivity contribution in [3.8, 4) is 5.75 Å². The number of amides is 1. The van der Waals surface area contributed by atoms with Crippen LogP contribution in [0.3, 0.4) is 0 Å². The molecule has 0 unspecified atom stereocenters. The summed E-state index contributed by atoms with van der Waals surface area (Å²) in [6, 6.07) is 5.97. The highest BCUT2D eigenvalue weighted by Gasteiger charge is 2.54. The zero-order valence-electron chi connectivity index (χ0n) is 14.6. The molecule has 1 heterocycles. The summed E-state index contributed by atoms with van der Waals surface area (Å²) in [5, 5.41) is 11.6. The van der Waals surface area contributed by atoms with E-state index >= 15 is 0 Å². The highest BCUT2D eigenvalue weighted by atomic mass is 16.6. The van der Waals surface area contributed by atoms with Crippen LogP contribution in [-0.2, 0) is 4.79 Å². The number of unbranched alkanes of at least 4 members (excludes halogenated alkanes) is 2. The molecule has 0 aliphatic carbocycles. The summed E-state index contributed by atoms with van der Waals surface area (Å²) in [5.74, 6) is 0.0189. The number of carbonyl (C=O) groups is 1. The highest BCUT2D eigenvalue weighted by molar-refractivity contribution is 5.98. The molecule has 0 aromatic heterocycles. The molecule has 1 aliphatic heterocycles. The Hall–Kier alpha value is -2.11. The van der Waals surface area contributed by atoms with E-state index < -0.39 is 12.0 Å². The lowest BCUT2D eigenvalue weighted by molar-refractivity contribution is -0.529. The molecule has 0 saturated carbocycles. The van der Waals surface area contributed by atoms with Crippen LogP contribution in [-0.4, -0.2) is 30.0 Å². The average molecular weight is 334 g/mol. The van der Waals surface area contributed by atoms with E-state index in [-0.39, 0.29) is 16.9 Å². The number of benzene rings is 1. The van der Waals surface area contributed by atoms with Gasteiger partial charge in [0.25, 0.3) is 0 Å². The first-order valence-electron chi connectivity index (χ1n) is 8.65. The Morgan fingerprint density at radius 3 is 2.38 bits per heavy atom. The average Bonchev–Trinajstić information content (AvgIpc) is 2.87. The minimum absolute atomic E-state index is 0.133. The molecular formula is C18H26N2O4. The van der Waals surface area contributed by atoms with Crippen molar-refractivity contribution in [2.45, 2.75) is 58.0 Å². The van der Waals surface area contributed by atoms with E-state index in [9.17, 15) is 14.9 Å². The third kappa shape index (κ3) is 3.52. The van der Waals surface area contributed by atoms with Crippen LogP contribution < -0.4 is 9.64 Å². The number of nitrogens with zero attached hydrogens (tertiary/aromatic N) is 2. The number of hydrogen-bond donors (Lipinski definition) is 0. The van der Waals surface area contributed by atoms with Gasteiger partial charge in [0.2, 0.25) is 11.9 Å². The van der Waals surface area contributed by atoms with Gasteiger partial charge >= 0.3 is 0 Å². The number of nitro groups is 1. The van der Waals surface area contributed by atoms with E-state index in [1.165, 1.54) is 0 Å². The largest absolute Gasteiger partial charge is 0.497 e. The number of carbonyl (C=O) groups excluding carboxylic acids is 1. The first kappa shape index (κ1) is 18.2. The van der Waals surface area contributed by atoms with Crippen LogP contribution >= 0.6 is 0 Å². The third-order valence-electron chi connectivity index (χ3n) is 4.83. The zero-order valence-corrected chi connectivity index (χ0v) is 14.6. The molecular weight excluding hydrogens is 308 g/mol. The molecule has 0 bridgehead atoms. The van der Waals surface area contributed by atoms with Crippen molar-refractivity contribution in [3.05, 3.63) is 34.4 Å². The molecule has 1 aromatic carbocycles. The second-order valence-electron chi connectivity index (χ2n) is 6.26. The van der Waals surface area contributed by atoms with Gasteiger partial charge in [-0.05, 0) is 37.1 Å². The van der Waals surface area contributed by atoms with Gasteiger partial charge in [-0.2, -0.15) is 0 Å². The Bertz CT molecular complexity index is 573. The smallest absolute Gasteiger partial charge is 0.245 e. The Morgan fingerprint density at radius 1 is 1.21 bits per heavy atom. The van der Waals surface area contributed by atoms with Gasteiger partial charge in [0, 0.05) is 10.6 Å². The van der Waals surface area contributed by atoms with Gasteiger partial charge in [0.05, 0.1) is 7.11 Å². The lowest BCUT2D eigenvalue weighted by atomic mass is 9.93. The molecule has 6 nitrogen and oxygen atoms in total. The lowest BCUT2D eigenvalue weighted by Crippen LogP contribution is -2.40. The van der Waals surface area contributed by atoms with Crippen molar-refractivity contribution in [1.29, 1.82) is 0 Å². The Labute approximate surface area is 142 Å². The minimum atomic E-state index is -0.832. The van der Waals surface area contributed by atoms with Crippen LogP contribution in [0.15, 0.2) is 24.3 Å². The molecule has 1 fully saturated rings. The van der Waals surface area contributed by atoms with E-state index in [0.29, 0.717) is 24.3 Å². The first-order chi connectivity index (χ1) is 11.5. The van der Waals surface area contributed by atoms with Crippen molar-refractivity contribution in [1.82, 2.24) is 0 Å². The summed E-state index contributed by atoms with van der Waals surface area (Å²) >= 11 is 0. The van der Waals surface area contributed by atoms with Crippen molar-refractivity contribution < 1.29 is 14.5 Å². The fraction of sp³-hybridized carbons (Fsp3) is 0.611.